The first-order valence-electron chi connectivity index (χ1n) is 10.0. The minimum atomic E-state index is -4.73. The molecule has 0 aliphatic rings. The Labute approximate surface area is 204 Å². The number of nitrogens with one attached hydrogen (secondary N) is 1. The van der Waals surface area contributed by atoms with Gasteiger partial charge in [0.25, 0.3) is 5.56 Å². The van der Waals surface area contributed by atoms with Crippen LogP contribution in [-0.2, 0) is 13.2 Å². The number of carboxylic acids is 1. The van der Waals surface area contributed by atoms with E-state index in [0.717, 1.165) is 27.4 Å². The molecule has 4 rings (SSSR count). The summed E-state index contributed by atoms with van der Waals surface area (Å²) in [5.41, 5.74) is -1.91. The van der Waals surface area contributed by atoms with E-state index in [1.165, 1.54) is 38.5 Å². The lowest BCUT2D eigenvalue weighted by Crippen LogP contribution is -2.24. The molecule has 0 bridgehead atoms. The van der Waals surface area contributed by atoms with E-state index in [9.17, 15) is 32.3 Å². The molecule has 0 atom stereocenters. The van der Waals surface area contributed by atoms with Crippen molar-refractivity contribution in [2.45, 2.75) is 13.1 Å². The Bertz CT molecular complexity index is 1560. The molecule has 9 nitrogen and oxygen atoms in total. The van der Waals surface area contributed by atoms with Crippen LogP contribution in [0.15, 0.2) is 47.5 Å². The van der Waals surface area contributed by atoms with Crippen LogP contribution in [0.2, 0.25) is 5.02 Å². The number of alkyl halides is 3. The van der Waals surface area contributed by atoms with Crippen molar-refractivity contribution < 1.29 is 27.5 Å². The maximum Gasteiger partial charge on any atom is 0.435 e. The summed E-state index contributed by atoms with van der Waals surface area (Å²) in [4.78, 5) is 32.2. The molecule has 0 saturated heterocycles. The zero-order valence-corrected chi connectivity index (χ0v) is 19.2. The lowest BCUT2D eigenvalue weighted by atomic mass is 10.1. The third-order valence-corrected chi connectivity index (χ3v) is 5.34. The summed E-state index contributed by atoms with van der Waals surface area (Å²) in [7, 11) is 1.33. The average Bonchev–Trinajstić information content (AvgIpc) is 3.20. The monoisotopic (exact) mass is 522 g/mol. The third kappa shape index (κ3) is 4.77. The zero-order valence-electron chi connectivity index (χ0n) is 18.4. The van der Waals surface area contributed by atoms with Gasteiger partial charge < -0.3 is 15.0 Å². The molecule has 3 heterocycles. The summed E-state index contributed by atoms with van der Waals surface area (Å²) in [6, 6.07) is 5.61. The van der Waals surface area contributed by atoms with Crippen LogP contribution in [0.5, 0.6) is 0 Å². The van der Waals surface area contributed by atoms with Gasteiger partial charge in [0.2, 0.25) is 5.95 Å². The number of benzene rings is 1. The van der Waals surface area contributed by atoms with Crippen molar-refractivity contribution in [3.05, 3.63) is 80.9 Å². The van der Waals surface area contributed by atoms with E-state index in [0.29, 0.717) is 5.69 Å². The summed E-state index contributed by atoms with van der Waals surface area (Å²) in [5.74, 6) is -2.37. The smallest absolute Gasteiger partial charge is 0.435 e. The number of carboxylic acid groups (broad SMARTS) is 1. The number of hydrogen-bond acceptors (Lipinski definition) is 6. The second-order valence-corrected chi connectivity index (χ2v) is 8.04. The number of halogens is 5. The van der Waals surface area contributed by atoms with Crippen LogP contribution in [0.25, 0.3) is 16.9 Å². The third-order valence-electron chi connectivity index (χ3n) is 5.05. The number of anilines is 2. The molecule has 4 aromatic rings. The van der Waals surface area contributed by atoms with Gasteiger partial charge in [0.05, 0.1) is 5.02 Å². The van der Waals surface area contributed by atoms with Crippen LogP contribution in [0.1, 0.15) is 21.7 Å². The molecule has 0 spiro atoms. The van der Waals surface area contributed by atoms with E-state index in [1.807, 2.05) is 0 Å². The number of aromatic carboxylic acids is 1. The molecule has 0 aliphatic heterocycles. The van der Waals surface area contributed by atoms with Crippen molar-refractivity contribution in [1.29, 1.82) is 0 Å². The average molecular weight is 523 g/mol. The Kier molecular flexibility index (Phi) is 6.26. The topological polar surface area (TPSA) is 115 Å². The van der Waals surface area contributed by atoms with E-state index in [-0.39, 0.29) is 33.6 Å². The Morgan fingerprint density at radius 3 is 2.53 bits per heavy atom. The fourth-order valence-electron chi connectivity index (χ4n) is 3.34. The van der Waals surface area contributed by atoms with Crippen molar-refractivity contribution in [1.82, 2.24) is 24.3 Å². The Morgan fingerprint density at radius 2 is 1.92 bits per heavy atom. The maximum atomic E-state index is 13.5. The molecule has 0 unspecified atom stereocenters. The summed E-state index contributed by atoms with van der Waals surface area (Å²) in [6.07, 6.45) is -2.20. The first-order chi connectivity index (χ1) is 16.8. The van der Waals surface area contributed by atoms with Crippen LogP contribution < -0.4 is 10.9 Å². The van der Waals surface area contributed by atoms with E-state index >= 15 is 0 Å². The lowest BCUT2D eigenvalue weighted by Gasteiger charge is -2.14. The zero-order chi connectivity index (χ0) is 26.4. The standard InChI is InChI=1S/C22H15ClF4N6O3/c1-10-5-17(22(25,26)27)31-33(10)18-14(11-6-13(20(35)36)19(34)32(2)9-11)8-28-21(30-18)29-12-3-4-16(24)15(23)7-12/h3-9H,1-2H3,(H,35,36)(H,28,29,30). The van der Waals surface area contributed by atoms with Crippen molar-refractivity contribution >= 4 is 29.2 Å². The SMILES string of the molecule is Cc1cc(C(F)(F)F)nn1-c1nc(Nc2ccc(F)c(Cl)c2)ncc1-c1cc(C(=O)O)c(=O)n(C)c1. The quantitative estimate of drug-likeness (QED) is 0.368. The molecule has 0 amide bonds. The second kappa shape index (κ2) is 9.07. The Hall–Kier alpha value is -4.26. The van der Waals surface area contributed by atoms with Gasteiger partial charge in [0.15, 0.2) is 11.5 Å². The highest BCUT2D eigenvalue weighted by Gasteiger charge is 2.35. The highest BCUT2D eigenvalue weighted by atomic mass is 35.5. The van der Waals surface area contributed by atoms with Crippen LogP contribution in [-0.4, -0.2) is 35.4 Å². The molecule has 14 heteroatoms. The van der Waals surface area contributed by atoms with Gasteiger partial charge in [-0.25, -0.2) is 18.9 Å². The fourth-order valence-corrected chi connectivity index (χ4v) is 3.52. The number of pyridine rings is 1. The first kappa shape index (κ1) is 24.9. The van der Waals surface area contributed by atoms with Gasteiger partial charge >= 0.3 is 12.1 Å². The molecule has 36 heavy (non-hydrogen) atoms. The van der Waals surface area contributed by atoms with E-state index in [2.05, 4.69) is 20.4 Å². The van der Waals surface area contributed by atoms with Crippen LogP contribution in [0.4, 0.5) is 29.2 Å². The van der Waals surface area contributed by atoms with Gasteiger partial charge in [-0.15, -0.1) is 0 Å². The van der Waals surface area contributed by atoms with E-state index in [4.69, 9.17) is 11.6 Å². The molecule has 3 aromatic heterocycles. The van der Waals surface area contributed by atoms with Crippen LogP contribution in [0, 0.1) is 12.7 Å². The predicted molar refractivity (Wildman–Crippen MR) is 121 cm³/mol. The number of rotatable bonds is 5. The van der Waals surface area contributed by atoms with Gasteiger partial charge in [-0.05, 0) is 37.3 Å². The summed E-state index contributed by atoms with van der Waals surface area (Å²) < 4.78 is 55.4. The Balaban J connectivity index is 1.92. The molecular weight excluding hydrogens is 508 g/mol. The molecule has 0 radical (unpaired) electrons. The summed E-state index contributed by atoms with van der Waals surface area (Å²) in [6.45, 7) is 1.38. The van der Waals surface area contributed by atoms with Gasteiger partial charge in [0.1, 0.15) is 11.4 Å². The molecule has 186 valence electrons. The first-order valence-corrected chi connectivity index (χ1v) is 10.4. The molecule has 1 aromatic carbocycles. The second-order valence-electron chi connectivity index (χ2n) is 7.63. The maximum absolute atomic E-state index is 13.5. The molecular formula is C22H15ClF4N6O3. The number of aryl methyl sites for hydroxylation is 2. The Morgan fingerprint density at radius 1 is 1.19 bits per heavy atom. The molecule has 0 saturated carbocycles. The highest BCUT2D eigenvalue weighted by Crippen LogP contribution is 2.32. The number of nitrogens with zero attached hydrogens (tertiary/aromatic N) is 5. The summed E-state index contributed by atoms with van der Waals surface area (Å²) in [5, 5.41) is 15.6. The fraction of sp³-hybridized carbons (Fsp3) is 0.136. The lowest BCUT2D eigenvalue weighted by molar-refractivity contribution is -0.141. The van der Waals surface area contributed by atoms with Crippen LogP contribution in [0.3, 0.4) is 0 Å². The normalized spacial score (nSPS) is 11.5. The van der Waals surface area contributed by atoms with Crippen molar-refractivity contribution in [3.8, 4) is 16.9 Å². The van der Waals surface area contributed by atoms with Gasteiger partial charge in [-0.3, -0.25) is 4.79 Å². The summed E-state index contributed by atoms with van der Waals surface area (Å²) >= 11 is 5.79. The van der Waals surface area contributed by atoms with Crippen LogP contribution >= 0.6 is 11.6 Å². The van der Waals surface area contributed by atoms with Gasteiger partial charge in [-0.1, -0.05) is 11.6 Å². The minimum Gasteiger partial charge on any atom is -0.477 e. The number of carbonyl (C=O) groups is 1. The van der Waals surface area contributed by atoms with E-state index < -0.39 is 34.8 Å². The molecule has 2 N–H and O–H groups in total. The van der Waals surface area contributed by atoms with Gasteiger partial charge in [-0.2, -0.15) is 23.3 Å². The largest absolute Gasteiger partial charge is 0.477 e. The number of aromatic nitrogens is 5. The van der Waals surface area contributed by atoms with Crippen molar-refractivity contribution in [3.63, 3.8) is 0 Å². The molecule has 0 aliphatic carbocycles. The highest BCUT2D eigenvalue weighted by molar-refractivity contribution is 6.31. The molecule has 0 fully saturated rings. The van der Waals surface area contributed by atoms with Crippen molar-refractivity contribution in [2.75, 3.05) is 5.32 Å². The van der Waals surface area contributed by atoms with Crippen molar-refractivity contribution in [2.24, 2.45) is 7.05 Å². The van der Waals surface area contributed by atoms with E-state index in [1.54, 1.807) is 0 Å². The predicted octanol–water partition coefficient (Wildman–Crippen LogP) is 4.59. The van der Waals surface area contributed by atoms with Gasteiger partial charge in [0, 0.05) is 41.9 Å². The minimum absolute atomic E-state index is 0.0707. The number of hydrogen-bond donors (Lipinski definition) is 2.